The molecule has 0 atom stereocenters. The van der Waals surface area contributed by atoms with Crippen LogP contribution < -0.4 is 10.1 Å². The van der Waals surface area contributed by atoms with Crippen molar-refractivity contribution in [3.63, 3.8) is 0 Å². The first-order chi connectivity index (χ1) is 11.0. The molecular formula is C17H11Br2NO3. The van der Waals surface area contributed by atoms with E-state index in [0.29, 0.717) is 31.5 Å². The fourth-order valence-electron chi connectivity index (χ4n) is 2.34. The summed E-state index contributed by atoms with van der Waals surface area (Å²) >= 11 is 6.68. The van der Waals surface area contributed by atoms with E-state index < -0.39 is 0 Å². The van der Waals surface area contributed by atoms with Crippen LogP contribution in [0.3, 0.4) is 0 Å². The SMILES string of the molecule is COc1ccc(NC2=CC(=O)c3c(Br)ccc(Br)c3C2=O)cc1. The molecular weight excluding hydrogens is 426 g/mol. The summed E-state index contributed by atoms with van der Waals surface area (Å²) in [5.41, 5.74) is 1.69. The monoisotopic (exact) mass is 435 g/mol. The summed E-state index contributed by atoms with van der Waals surface area (Å²) in [7, 11) is 1.58. The number of rotatable bonds is 3. The summed E-state index contributed by atoms with van der Waals surface area (Å²) in [6, 6.07) is 10.6. The molecule has 0 heterocycles. The molecule has 2 aromatic carbocycles. The third kappa shape index (κ3) is 2.96. The Balaban J connectivity index is 1.97. The predicted octanol–water partition coefficient (Wildman–Crippen LogP) is 4.60. The number of carbonyl (C=O) groups is 2. The summed E-state index contributed by atoms with van der Waals surface area (Å²) < 4.78 is 6.30. The van der Waals surface area contributed by atoms with Gasteiger partial charge in [0.05, 0.1) is 18.4 Å². The Morgan fingerprint density at radius 2 is 1.52 bits per heavy atom. The summed E-state index contributed by atoms with van der Waals surface area (Å²) in [6.45, 7) is 0. The molecule has 6 heteroatoms. The number of halogens is 2. The van der Waals surface area contributed by atoms with Crippen LogP contribution in [0.1, 0.15) is 20.7 Å². The van der Waals surface area contributed by atoms with E-state index in [1.807, 2.05) is 0 Å². The van der Waals surface area contributed by atoms with Gasteiger partial charge in [-0.3, -0.25) is 9.59 Å². The number of anilines is 1. The van der Waals surface area contributed by atoms with Gasteiger partial charge in [-0.05, 0) is 36.4 Å². The van der Waals surface area contributed by atoms with Crippen LogP contribution in [0.2, 0.25) is 0 Å². The molecule has 0 spiro atoms. The van der Waals surface area contributed by atoms with Gasteiger partial charge in [0.1, 0.15) is 5.75 Å². The number of fused-ring (bicyclic) bond motifs is 1. The van der Waals surface area contributed by atoms with Gasteiger partial charge in [-0.15, -0.1) is 0 Å². The molecule has 1 aliphatic carbocycles. The van der Waals surface area contributed by atoms with Crippen molar-refractivity contribution in [3.8, 4) is 5.75 Å². The Kier molecular flexibility index (Phi) is 4.37. The minimum Gasteiger partial charge on any atom is -0.497 e. The molecule has 3 rings (SSSR count). The van der Waals surface area contributed by atoms with Crippen LogP contribution in [0.15, 0.2) is 57.1 Å². The quantitative estimate of drug-likeness (QED) is 0.764. The van der Waals surface area contributed by atoms with E-state index in [4.69, 9.17) is 4.74 Å². The standard InChI is InChI=1S/C17H11Br2NO3/c1-23-10-4-2-9(3-5-10)20-13-8-14(21)15-11(18)6-7-12(19)16(15)17(13)22/h2-8,20H,1H3. The molecule has 4 nitrogen and oxygen atoms in total. The molecule has 1 N–H and O–H groups in total. The lowest BCUT2D eigenvalue weighted by Gasteiger charge is -2.19. The largest absolute Gasteiger partial charge is 0.497 e. The number of nitrogens with one attached hydrogen (secondary N) is 1. The van der Waals surface area contributed by atoms with Crippen LogP contribution in [0.4, 0.5) is 5.69 Å². The van der Waals surface area contributed by atoms with Gasteiger partial charge in [0.15, 0.2) is 5.78 Å². The Morgan fingerprint density at radius 1 is 0.913 bits per heavy atom. The molecule has 0 bridgehead atoms. The normalized spacial score (nSPS) is 13.4. The zero-order chi connectivity index (χ0) is 16.6. The highest BCUT2D eigenvalue weighted by atomic mass is 79.9. The second-order valence-electron chi connectivity index (χ2n) is 4.88. The maximum absolute atomic E-state index is 12.7. The Bertz CT molecular complexity index is 842. The average Bonchev–Trinajstić information content (AvgIpc) is 2.55. The van der Waals surface area contributed by atoms with Gasteiger partial charge in [-0.1, -0.05) is 31.9 Å². The summed E-state index contributed by atoms with van der Waals surface area (Å²) in [5, 5.41) is 3.00. The van der Waals surface area contributed by atoms with Crippen LogP contribution in [-0.2, 0) is 0 Å². The maximum Gasteiger partial charge on any atom is 0.211 e. The van der Waals surface area contributed by atoms with Gasteiger partial charge in [-0.25, -0.2) is 0 Å². The van der Waals surface area contributed by atoms with Gasteiger partial charge < -0.3 is 10.1 Å². The van der Waals surface area contributed by atoms with E-state index in [2.05, 4.69) is 37.2 Å². The Hall–Kier alpha value is -1.92. The first-order valence-corrected chi connectivity index (χ1v) is 8.29. The molecule has 0 aliphatic heterocycles. The predicted molar refractivity (Wildman–Crippen MR) is 95.2 cm³/mol. The third-order valence-corrected chi connectivity index (χ3v) is 4.79. The fraction of sp³-hybridized carbons (Fsp3) is 0.0588. The number of hydrogen-bond donors (Lipinski definition) is 1. The second kappa shape index (κ2) is 6.29. The minimum absolute atomic E-state index is 0.219. The zero-order valence-corrected chi connectivity index (χ0v) is 15.2. The number of methoxy groups -OCH3 is 1. The third-order valence-electron chi connectivity index (χ3n) is 3.47. The van der Waals surface area contributed by atoms with Crippen molar-refractivity contribution in [1.82, 2.24) is 0 Å². The smallest absolute Gasteiger partial charge is 0.211 e. The Morgan fingerprint density at radius 3 is 2.13 bits per heavy atom. The minimum atomic E-state index is -0.233. The molecule has 0 unspecified atom stereocenters. The van der Waals surface area contributed by atoms with E-state index >= 15 is 0 Å². The lowest BCUT2D eigenvalue weighted by atomic mass is 9.92. The highest BCUT2D eigenvalue weighted by Gasteiger charge is 2.29. The number of carbonyl (C=O) groups excluding carboxylic acids is 2. The molecule has 116 valence electrons. The summed E-state index contributed by atoms with van der Waals surface area (Å²) in [6.07, 6.45) is 1.33. The van der Waals surface area contributed by atoms with Crippen molar-refractivity contribution < 1.29 is 14.3 Å². The molecule has 0 radical (unpaired) electrons. The second-order valence-corrected chi connectivity index (χ2v) is 6.59. The van der Waals surface area contributed by atoms with Crippen LogP contribution in [-0.4, -0.2) is 18.7 Å². The van der Waals surface area contributed by atoms with Crippen molar-refractivity contribution in [2.24, 2.45) is 0 Å². The zero-order valence-electron chi connectivity index (χ0n) is 12.0. The molecule has 0 amide bonds. The lowest BCUT2D eigenvalue weighted by molar-refractivity contribution is 0.0984. The number of ketones is 2. The number of ether oxygens (including phenoxy) is 1. The van der Waals surface area contributed by atoms with Crippen molar-refractivity contribution in [2.45, 2.75) is 0 Å². The molecule has 2 aromatic rings. The molecule has 0 saturated carbocycles. The first kappa shape index (κ1) is 16.0. The number of Topliss-reactive ketones (excluding diaryl/α,β-unsaturated/α-hetero) is 1. The van der Waals surface area contributed by atoms with Crippen LogP contribution in [0.5, 0.6) is 5.75 Å². The van der Waals surface area contributed by atoms with E-state index in [9.17, 15) is 9.59 Å². The molecule has 23 heavy (non-hydrogen) atoms. The first-order valence-electron chi connectivity index (χ1n) is 6.71. The van der Waals surface area contributed by atoms with Crippen LogP contribution in [0, 0.1) is 0 Å². The van der Waals surface area contributed by atoms with Crippen molar-refractivity contribution >= 4 is 49.1 Å². The summed E-state index contributed by atoms with van der Waals surface area (Å²) in [5.74, 6) is 0.264. The number of hydrogen-bond acceptors (Lipinski definition) is 4. The average molecular weight is 437 g/mol. The van der Waals surface area contributed by atoms with Gasteiger partial charge in [0, 0.05) is 26.3 Å². The van der Waals surface area contributed by atoms with E-state index in [1.54, 1.807) is 43.5 Å². The van der Waals surface area contributed by atoms with Crippen molar-refractivity contribution in [3.05, 3.63) is 68.2 Å². The highest BCUT2D eigenvalue weighted by molar-refractivity contribution is 9.11. The van der Waals surface area contributed by atoms with Crippen LogP contribution in [0.25, 0.3) is 0 Å². The van der Waals surface area contributed by atoms with E-state index in [-0.39, 0.29) is 17.3 Å². The highest BCUT2D eigenvalue weighted by Crippen LogP contribution is 2.33. The van der Waals surface area contributed by atoms with Crippen LogP contribution >= 0.6 is 31.9 Å². The summed E-state index contributed by atoms with van der Waals surface area (Å²) in [4.78, 5) is 25.1. The molecule has 0 saturated heterocycles. The Labute approximate surface area is 149 Å². The molecule has 1 aliphatic rings. The number of benzene rings is 2. The van der Waals surface area contributed by atoms with Gasteiger partial charge in [0.25, 0.3) is 0 Å². The van der Waals surface area contributed by atoms with Crippen molar-refractivity contribution in [1.29, 1.82) is 0 Å². The van der Waals surface area contributed by atoms with Gasteiger partial charge in [0.2, 0.25) is 5.78 Å². The molecule has 0 fully saturated rings. The van der Waals surface area contributed by atoms with E-state index in [0.717, 1.165) is 0 Å². The van der Waals surface area contributed by atoms with Crippen molar-refractivity contribution in [2.75, 3.05) is 12.4 Å². The fourth-order valence-corrected chi connectivity index (χ4v) is 3.38. The topological polar surface area (TPSA) is 55.4 Å². The van der Waals surface area contributed by atoms with E-state index in [1.165, 1.54) is 6.08 Å². The lowest BCUT2D eigenvalue weighted by Crippen LogP contribution is -2.22. The maximum atomic E-state index is 12.7. The van der Waals surface area contributed by atoms with Gasteiger partial charge in [-0.2, -0.15) is 0 Å². The number of allylic oxidation sites excluding steroid dienone is 2. The molecule has 0 aromatic heterocycles. The van der Waals surface area contributed by atoms with Gasteiger partial charge >= 0.3 is 0 Å².